The maximum absolute atomic E-state index is 6.01. The molecule has 0 heterocycles. The van der Waals surface area contributed by atoms with Crippen molar-refractivity contribution < 1.29 is 4.74 Å². The normalized spacial score (nSPS) is 12.6. The number of anilines is 2. The Balaban J connectivity index is 2.96. The Bertz CT molecular complexity index is 350. The fraction of sp³-hybridized carbons (Fsp3) is 0.538. The Hall–Kier alpha value is -1.38. The van der Waals surface area contributed by atoms with Gasteiger partial charge in [0.05, 0.1) is 18.5 Å². The zero-order chi connectivity index (χ0) is 12.3. The summed E-state index contributed by atoms with van der Waals surface area (Å²) in [5.41, 5.74) is 7.83. The summed E-state index contributed by atoms with van der Waals surface area (Å²) in [6, 6.07) is 6.26. The van der Waals surface area contributed by atoms with Gasteiger partial charge in [0, 0.05) is 19.2 Å². The molecule has 0 fully saturated rings. The third-order valence-corrected chi connectivity index (χ3v) is 3.19. The molecule has 1 unspecified atom stereocenters. The van der Waals surface area contributed by atoms with Crippen molar-refractivity contribution in [3.05, 3.63) is 18.2 Å². The highest BCUT2D eigenvalue weighted by Crippen LogP contribution is 2.29. The van der Waals surface area contributed by atoms with E-state index in [2.05, 4.69) is 32.7 Å². The quantitative estimate of drug-likeness (QED) is 0.796. The van der Waals surface area contributed by atoms with Gasteiger partial charge in [-0.05, 0) is 25.0 Å². The van der Waals surface area contributed by atoms with E-state index >= 15 is 0 Å². The van der Waals surface area contributed by atoms with Gasteiger partial charge >= 0.3 is 0 Å². The molecule has 90 valence electrons. The van der Waals surface area contributed by atoms with Crippen molar-refractivity contribution in [3.8, 4) is 5.75 Å². The SMILES string of the molecule is COc1ccc(N(C)C(C)C(C)C)c(N)c1. The number of nitrogens with zero attached hydrogens (tertiary/aromatic N) is 1. The smallest absolute Gasteiger partial charge is 0.121 e. The lowest BCUT2D eigenvalue weighted by Crippen LogP contribution is -2.33. The number of hydrogen-bond donors (Lipinski definition) is 1. The molecule has 0 aliphatic carbocycles. The zero-order valence-electron chi connectivity index (χ0n) is 10.8. The predicted octanol–water partition coefficient (Wildman–Crippen LogP) is 2.76. The first-order valence-corrected chi connectivity index (χ1v) is 5.63. The summed E-state index contributed by atoms with van der Waals surface area (Å²) in [6.45, 7) is 6.62. The molecule has 1 rings (SSSR count). The van der Waals surface area contributed by atoms with Gasteiger partial charge in [-0.2, -0.15) is 0 Å². The van der Waals surface area contributed by atoms with Crippen LogP contribution in [0.5, 0.6) is 5.75 Å². The lowest BCUT2D eigenvalue weighted by atomic mass is 10.0. The Kier molecular flexibility index (Phi) is 4.05. The Morgan fingerprint density at radius 2 is 1.88 bits per heavy atom. The number of ether oxygens (including phenoxy) is 1. The van der Waals surface area contributed by atoms with E-state index in [9.17, 15) is 0 Å². The standard InChI is InChI=1S/C13H22N2O/c1-9(2)10(3)15(4)13-7-6-11(16-5)8-12(13)14/h6-10H,14H2,1-5H3. The molecule has 3 heteroatoms. The monoisotopic (exact) mass is 222 g/mol. The molecule has 3 nitrogen and oxygen atoms in total. The number of benzene rings is 1. The third kappa shape index (κ3) is 2.60. The minimum atomic E-state index is 0.454. The summed E-state index contributed by atoms with van der Waals surface area (Å²) >= 11 is 0. The van der Waals surface area contributed by atoms with Gasteiger partial charge in [-0.25, -0.2) is 0 Å². The van der Waals surface area contributed by atoms with Gasteiger partial charge in [-0.15, -0.1) is 0 Å². The number of nitrogen functional groups attached to an aromatic ring is 1. The van der Waals surface area contributed by atoms with E-state index in [0.29, 0.717) is 12.0 Å². The molecule has 16 heavy (non-hydrogen) atoms. The van der Waals surface area contributed by atoms with Crippen LogP contribution in [0.25, 0.3) is 0 Å². The first-order chi connectivity index (χ1) is 7.47. The van der Waals surface area contributed by atoms with Gasteiger partial charge < -0.3 is 15.4 Å². The molecule has 0 aliphatic rings. The largest absolute Gasteiger partial charge is 0.497 e. The Labute approximate surface area is 98.2 Å². The number of methoxy groups -OCH3 is 1. The van der Waals surface area contributed by atoms with Crippen LogP contribution in [0.3, 0.4) is 0 Å². The minimum Gasteiger partial charge on any atom is -0.497 e. The van der Waals surface area contributed by atoms with E-state index in [0.717, 1.165) is 17.1 Å². The van der Waals surface area contributed by atoms with Gasteiger partial charge in [-0.3, -0.25) is 0 Å². The Morgan fingerprint density at radius 3 is 2.31 bits per heavy atom. The highest BCUT2D eigenvalue weighted by molar-refractivity contribution is 5.69. The van der Waals surface area contributed by atoms with E-state index in [4.69, 9.17) is 10.5 Å². The van der Waals surface area contributed by atoms with E-state index in [1.807, 2.05) is 18.2 Å². The molecule has 0 aliphatic heterocycles. The zero-order valence-corrected chi connectivity index (χ0v) is 10.8. The molecule has 0 saturated heterocycles. The van der Waals surface area contributed by atoms with Gasteiger partial charge in [0.1, 0.15) is 5.75 Å². The average molecular weight is 222 g/mol. The van der Waals surface area contributed by atoms with Crippen LogP contribution in [0.4, 0.5) is 11.4 Å². The number of nitrogens with two attached hydrogens (primary N) is 1. The second kappa shape index (κ2) is 5.10. The Morgan fingerprint density at radius 1 is 1.25 bits per heavy atom. The highest BCUT2D eigenvalue weighted by Gasteiger charge is 2.15. The van der Waals surface area contributed by atoms with E-state index in [-0.39, 0.29) is 0 Å². The van der Waals surface area contributed by atoms with Gasteiger partial charge in [0.25, 0.3) is 0 Å². The maximum Gasteiger partial charge on any atom is 0.121 e. The van der Waals surface area contributed by atoms with Gasteiger partial charge in [0.15, 0.2) is 0 Å². The van der Waals surface area contributed by atoms with Crippen molar-refractivity contribution in [1.29, 1.82) is 0 Å². The predicted molar refractivity (Wildman–Crippen MR) is 70.1 cm³/mol. The summed E-state index contributed by atoms with van der Waals surface area (Å²) < 4.78 is 5.14. The molecule has 1 aromatic carbocycles. The molecule has 0 aromatic heterocycles. The van der Waals surface area contributed by atoms with Gasteiger partial charge in [0.2, 0.25) is 0 Å². The van der Waals surface area contributed by atoms with Crippen molar-refractivity contribution in [2.75, 3.05) is 24.8 Å². The van der Waals surface area contributed by atoms with Crippen molar-refractivity contribution in [2.45, 2.75) is 26.8 Å². The molecule has 1 aromatic rings. The van der Waals surface area contributed by atoms with Crippen LogP contribution in [-0.2, 0) is 0 Å². The summed E-state index contributed by atoms with van der Waals surface area (Å²) in [5.74, 6) is 1.39. The van der Waals surface area contributed by atoms with Crippen molar-refractivity contribution >= 4 is 11.4 Å². The fourth-order valence-corrected chi connectivity index (χ4v) is 1.65. The first-order valence-electron chi connectivity index (χ1n) is 5.63. The second-order valence-corrected chi connectivity index (χ2v) is 4.52. The summed E-state index contributed by atoms with van der Waals surface area (Å²) in [5, 5.41) is 0. The molecule has 0 radical (unpaired) electrons. The van der Waals surface area contributed by atoms with E-state index in [1.165, 1.54) is 0 Å². The number of rotatable bonds is 4. The van der Waals surface area contributed by atoms with E-state index < -0.39 is 0 Å². The summed E-state index contributed by atoms with van der Waals surface area (Å²) in [6.07, 6.45) is 0. The van der Waals surface area contributed by atoms with Crippen LogP contribution >= 0.6 is 0 Å². The lowest BCUT2D eigenvalue weighted by molar-refractivity contribution is 0.415. The first kappa shape index (κ1) is 12.7. The minimum absolute atomic E-state index is 0.454. The van der Waals surface area contributed by atoms with Crippen LogP contribution in [0, 0.1) is 5.92 Å². The average Bonchev–Trinajstić information content (AvgIpc) is 2.26. The van der Waals surface area contributed by atoms with Crippen LogP contribution in [0.15, 0.2) is 18.2 Å². The highest BCUT2D eigenvalue weighted by atomic mass is 16.5. The topological polar surface area (TPSA) is 38.5 Å². The molecule has 2 N–H and O–H groups in total. The summed E-state index contributed by atoms with van der Waals surface area (Å²) in [4.78, 5) is 2.21. The molecule has 1 atom stereocenters. The number of hydrogen-bond acceptors (Lipinski definition) is 3. The van der Waals surface area contributed by atoms with Crippen LogP contribution in [0.1, 0.15) is 20.8 Å². The van der Waals surface area contributed by atoms with Crippen LogP contribution < -0.4 is 15.4 Å². The van der Waals surface area contributed by atoms with Gasteiger partial charge in [-0.1, -0.05) is 13.8 Å². The molecule has 0 amide bonds. The van der Waals surface area contributed by atoms with Crippen LogP contribution in [-0.4, -0.2) is 20.2 Å². The second-order valence-electron chi connectivity index (χ2n) is 4.52. The van der Waals surface area contributed by atoms with Crippen molar-refractivity contribution in [2.24, 2.45) is 5.92 Å². The van der Waals surface area contributed by atoms with Crippen LogP contribution in [0.2, 0.25) is 0 Å². The molecule has 0 saturated carbocycles. The fourth-order valence-electron chi connectivity index (χ4n) is 1.65. The van der Waals surface area contributed by atoms with Crippen molar-refractivity contribution in [1.82, 2.24) is 0 Å². The summed E-state index contributed by atoms with van der Waals surface area (Å²) in [7, 11) is 3.72. The van der Waals surface area contributed by atoms with Crippen molar-refractivity contribution in [3.63, 3.8) is 0 Å². The molecular formula is C13H22N2O. The third-order valence-electron chi connectivity index (χ3n) is 3.19. The molecule has 0 spiro atoms. The molecule has 0 bridgehead atoms. The molecular weight excluding hydrogens is 200 g/mol. The maximum atomic E-state index is 6.01. The lowest BCUT2D eigenvalue weighted by Gasteiger charge is -2.31. The van der Waals surface area contributed by atoms with E-state index in [1.54, 1.807) is 7.11 Å².